The fraction of sp³-hybridized carbons (Fsp3) is 0.440. The number of carbonyl (C=O) groups excluding carboxylic acids is 3. The van der Waals surface area contributed by atoms with Crippen molar-refractivity contribution in [2.24, 2.45) is 59.2 Å². The molecule has 133 heavy (non-hydrogen) atoms. The molecule has 5 aliphatic carbocycles. The highest BCUT2D eigenvalue weighted by molar-refractivity contribution is 5.98. The first-order valence-electron chi connectivity index (χ1n) is 45.4. The van der Waals surface area contributed by atoms with Gasteiger partial charge in [-0.1, -0.05) is 18.2 Å². The number of aryl methyl sites for hydroxylation is 2. The lowest BCUT2D eigenvalue weighted by atomic mass is 10.0. The number of aliphatic hydroxyl groups excluding tert-OH is 2. The Morgan fingerprint density at radius 3 is 1.10 bits per heavy atom. The largest absolute Gasteiger partial charge is 0.506 e. The van der Waals surface area contributed by atoms with Crippen LogP contribution in [0.25, 0.3) is 0 Å². The highest BCUT2D eigenvalue weighted by atomic mass is 19.1. The number of Topliss-reactive ketones (excluding diaryl/α,β-unsaturated/α-hetero) is 3. The fourth-order valence-corrected chi connectivity index (χ4v) is 21.1. The van der Waals surface area contributed by atoms with Gasteiger partial charge in [0.15, 0.2) is 75.1 Å². The molecule has 4 aromatic carbocycles. The number of aliphatic hydroxyl groups is 2. The molecule has 0 bridgehead atoms. The Morgan fingerprint density at radius 2 is 0.729 bits per heavy atom. The first kappa shape index (κ1) is 94.2. The van der Waals surface area contributed by atoms with Crippen molar-refractivity contribution in [1.82, 2.24) is 59.4 Å². The number of aromatic hydroxyl groups is 5. The average Bonchev–Trinajstić information content (AvgIpc) is 1.67. The lowest BCUT2D eigenvalue weighted by Crippen LogP contribution is -2.30. The Kier molecular flexibility index (Phi) is 30.4. The van der Waals surface area contributed by atoms with Crippen molar-refractivity contribution >= 4 is 17.3 Å². The number of ether oxygens (including phenoxy) is 5. The summed E-state index contributed by atoms with van der Waals surface area (Å²) in [6.07, 6.45) is 19.3. The number of halogens is 6. The number of β-amino-alcohol motifs (C(OH)–C–C–N with tert-alkyl or cyclic N) is 2. The molecule has 702 valence electrons. The minimum absolute atomic E-state index is 0.00710. The van der Waals surface area contributed by atoms with E-state index in [0.717, 1.165) is 147 Å². The van der Waals surface area contributed by atoms with E-state index in [1.165, 1.54) is 91.6 Å². The van der Waals surface area contributed by atoms with Gasteiger partial charge < -0.3 is 59.4 Å². The number of ketones is 3. The number of fused-ring (bicyclic) bond motifs is 5. The Labute approximate surface area is 766 Å². The highest BCUT2D eigenvalue weighted by Gasteiger charge is 2.48. The number of nitrogens with zero attached hydrogens (tertiary/aromatic N) is 12. The van der Waals surface area contributed by atoms with E-state index in [1.807, 2.05) is 26.0 Å². The molecule has 10 aromatic rings. The number of pyridine rings is 5. The molecule has 7 N–H and O–H groups in total. The van der Waals surface area contributed by atoms with E-state index >= 15 is 0 Å². The van der Waals surface area contributed by atoms with Gasteiger partial charge in [0.2, 0.25) is 5.88 Å². The van der Waals surface area contributed by atoms with E-state index in [-0.39, 0.29) is 100 Å². The Hall–Kier alpha value is -12.0. The molecule has 6 aromatic heterocycles. The van der Waals surface area contributed by atoms with Crippen LogP contribution in [-0.4, -0.2) is 241 Å². The summed E-state index contributed by atoms with van der Waals surface area (Å²) in [4.78, 5) is 75.3. The van der Waals surface area contributed by atoms with Crippen LogP contribution in [0.4, 0.5) is 26.3 Å². The summed E-state index contributed by atoms with van der Waals surface area (Å²) < 4.78 is 111. The van der Waals surface area contributed by atoms with Crippen LogP contribution >= 0.6 is 0 Å². The Balaban J connectivity index is 0.000000121. The number of hydrogen-bond acceptors (Lipinski definition) is 27. The van der Waals surface area contributed by atoms with Crippen molar-refractivity contribution in [3.8, 4) is 57.6 Å². The van der Waals surface area contributed by atoms with Crippen LogP contribution < -0.4 is 23.7 Å². The zero-order valence-corrected chi connectivity index (χ0v) is 73.8. The SMILES string of the molecule is Cc1ccc(OC2C[C@@H]3CN(CC(=O)c4ccc(O)cn4)C[C@@H]3C2)c(F)c1.Cc1ccc(OC2C[C@@H]3CN(CC(O)c4ccc(O)cn4)C[C@@H]3C2)c(F)c1.O=C(CN1C[C@H]2CC(Oc3cccnc3F)C[C@H]2C1)c1ccc(O)c(F)c1.O=C(CN1C[C@H]2CC(Oc3cnccn3)C[C@H]2C1)c1ccc(O)cn1.Oc1ccc(C(O)CN2C[C@H]3CC(Oc4cccnc4F)C[C@H]3C2)cc1F. The fourth-order valence-electron chi connectivity index (χ4n) is 21.1. The Bertz CT molecular complexity index is 5570. The monoisotopic (exact) mass is 1830 g/mol. The Morgan fingerprint density at radius 1 is 0.353 bits per heavy atom. The summed E-state index contributed by atoms with van der Waals surface area (Å²) in [6.45, 7) is 14.2. The summed E-state index contributed by atoms with van der Waals surface area (Å²) in [6, 6.07) is 33.6. The van der Waals surface area contributed by atoms with Crippen molar-refractivity contribution in [3.05, 3.63) is 258 Å². The van der Waals surface area contributed by atoms with Gasteiger partial charge in [-0.3, -0.25) is 48.9 Å². The van der Waals surface area contributed by atoms with E-state index in [2.05, 4.69) is 59.4 Å². The van der Waals surface area contributed by atoms with Gasteiger partial charge in [0.25, 0.3) is 11.9 Å². The number of phenols is 2. The molecule has 0 spiro atoms. The van der Waals surface area contributed by atoms with Crippen molar-refractivity contribution < 1.29 is 100 Å². The third-order valence-corrected chi connectivity index (χ3v) is 27.3. The standard InChI is InChI=1S/C21H25FN2O3.C21H23FN2O3.C20H22F2N2O3.C20H20F2N2O3.C18H20N4O3/c2*1-13-2-5-21(18(22)6-13)27-17-7-14-10-24(11-15(14)8-17)12-20(26)19-4-3-16(25)9-23-19;2*21-16-8-12(3-4-17(16)25)18(26)11-24-9-13-6-15(7-14(13)10-24)27-19-2-1-5-23-20(19)22;23-14-1-2-16(21-7-14)17(24)11-22-9-12-5-15(6-13(12)10-22)25-18-8-19-3-4-20-18/h2-6,9,14-15,17,20,25-26H,7-8,10-12H2,1H3;2-6,9,14-15,17,25H,7-8,10-12H2,1H3;1-5,8,13-15,18,25-26H,6-7,9-11H2;1-5,8,13-15,25H,6-7,9-11H2;1-4,7-8,12-13,15,23H,5-6,9-11H2/t14-,15+,17?,20?;14-,15+,17?;13-,14+,15?,18?;13-,14+,15?;12-,13+,15?. The molecule has 0 radical (unpaired) electrons. The molecule has 11 heterocycles. The molecule has 27 nitrogen and oxygen atoms in total. The third kappa shape index (κ3) is 24.7. The molecule has 5 saturated carbocycles. The second-order valence-electron chi connectivity index (χ2n) is 37.1. The van der Waals surface area contributed by atoms with Gasteiger partial charge in [-0.05, 0) is 269 Å². The minimum atomic E-state index is -0.810. The van der Waals surface area contributed by atoms with Gasteiger partial charge in [-0.25, -0.2) is 42.5 Å². The van der Waals surface area contributed by atoms with Crippen LogP contribution in [0.3, 0.4) is 0 Å². The lowest BCUT2D eigenvalue weighted by molar-refractivity contribution is 0.0923. The van der Waals surface area contributed by atoms with Crippen molar-refractivity contribution in [2.45, 2.75) is 121 Å². The van der Waals surface area contributed by atoms with Crippen molar-refractivity contribution in [1.29, 1.82) is 0 Å². The first-order chi connectivity index (χ1) is 64.1. The predicted molar refractivity (Wildman–Crippen MR) is 475 cm³/mol. The third-order valence-electron chi connectivity index (χ3n) is 27.3. The summed E-state index contributed by atoms with van der Waals surface area (Å²) in [5.74, 6) is 2.26. The molecule has 7 unspecified atom stereocenters. The van der Waals surface area contributed by atoms with Gasteiger partial charge in [0.05, 0.1) is 80.6 Å². The van der Waals surface area contributed by atoms with E-state index in [9.17, 15) is 76.5 Å². The quantitative estimate of drug-likeness (QED) is 0.0159. The average molecular weight is 1830 g/mol. The van der Waals surface area contributed by atoms with E-state index in [0.29, 0.717) is 125 Å². The van der Waals surface area contributed by atoms with Crippen LogP contribution in [0.5, 0.6) is 57.6 Å². The second-order valence-corrected chi connectivity index (χ2v) is 37.1. The molecule has 0 amide bonds. The number of rotatable bonds is 25. The molecule has 10 fully saturated rings. The number of carbonyl (C=O) groups is 3. The normalized spacial score (nSPS) is 25.5. The van der Waals surface area contributed by atoms with Crippen LogP contribution in [0, 0.1) is 108 Å². The topological polar surface area (TPSA) is 345 Å². The summed E-state index contributed by atoms with van der Waals surface area (Å²) in [7, 11) is 0. The van der Waals surface area contributed by atoms with Gasteiger partial charge >= 0.3 is 0 Å². The number of phenolic OH excluding ortho intramolecular Hbond substituents is 2. The van der Waals surface area contributed by atoms with Crippen molar-refractivity contribution in [2.75, 3.05) is 98.2 Å². The number of hydrogen-bond donors (Lipinski definition) is 7. The highest BCUT2D eigenvalue weighted by Crippen LogP contribution is 2.46. The molecular weight excluding hydrogens is 1720 g/mol. The zero-order valence-electron chi connectivity index (χ0n) is 73.8. The molecule has 20 rings (SSSR count). The zero-order chi connectivity index (χ0) is 93.1. The van der Waals surface area contributed by atoms with E-state index in [4.69, 9.17) is 23.7 Å². The lowest BCUT2D eigenvalue weighted by Gasteiger charge is -2.22. The molecule has 33 heteroatoms. The summed E-state index contributed by atoms with van der Waals surface area (Å²) in [5, 5.41) is 67.1. The van der Waals surface area contributed by atoms with Crippen LogP contribution in [0.2, 0.25) is 0 Å². The van der Waals surface area contributed by atoms with Crippen LogP contribution in [0.1, 0.15) is 130 Å². The number of aromatic nitrogens is 7. The van der Waals surface area contributed by atoms with Crippen LogP contribution in [0.15, 0.2) is 183 Å². The molecule has 17 atom stereocenters. The van der Waals surface area contributed by atoms with E-state index in [1.54, 1.807) is 73.2 Å². The number of likely N-dealkylation sites (tertiary alicyclic amines) is 5. The van der Waals surface area contributed by atoms with Crippen molar-refractivity contribution in [3.63, 3.8) is 0 Å². The molecular formula is C100H110F6N12O15. The maximum Gasteiger partial charge on any atom is 0.255 e. The maximum absolute atomic E-state index is 14.0. The number of benzene rings is 4. The van der Waals surface area contributed by atoms with Gasteiger partial charge in [-0.15, -0.1) is 0 Å². The van der Waals surface area contributed by atoms with Crippen LogP contribution in [-0.2, 0) is 0 Å². The first-order valence-corrected chi connectivity index (χ1v) is 45.4. The van der Waals surface area contributed by atoms with Gasteiger partial charge in [-0.2, -0.15) is 8.78 Å². The molecule has 5 aliphatic heterocycles. The maximum atomic E-state index is 14.0. The van der Waals surface area contributed by atoms with E-state index < -0.39 is 47.2 Å². The predicted octanol–water partition coefficient (Wildman–Crippen LogP) is 13.7. The summed E-state index contributed by atoms with van der Waals surface area (Å²) in [5.41, 5.74) is 3.83. The molecule has 5 saturated heterocycles. The minimum Gasteiger partial charge on any atom is -0.506 e. The second kappa shape index (κ2) is 42.9. The smallest absolute Gasteiger partial charge is 0.255 e. The van der Waals surface area contributed by atoms with Gasteiger partial charge in [0.1, 0.15) is 40.8 Å². The van der Waals surface area contributed by atoms with Gasteiger partial charge in [0, 0.05) is 109 Å². The molecule has 10 aliphatic rings. The summed E-state index contributed by atoms with van der Waals surface area (Å²) >= 11 is 0.